The maximum atomic E-state index is 13.2. The molecule has 1 aliphatic heterocycles. The molecule has 2 heterocycles. The molecule has 1 unspecified atom stereocenters. The third-order valence-electron chi connectivity index (χ3n) is 6.06. The zero-order valence-corrected chi connectivity index (χ0v) is 22.7. The van der Waals surface area contributed by atoms with Gasteiger partial charge in [-0.05, 0) is 64.7 Å². The number of rotatable bonds is 8. The smallest absolute Gasteiger partial charge is 0.251 e. The summed E-state index contributed by atoms with van der Waals surface area (Å²) in [5, 5.41) is 10.7. The maximum Gasteiger partial charge on any atom is 0.251 e. The van der Waals surface area contributed by atoms with Gasteiger partial charge in [0.2, 0.25) is 21.8 Å². The van der Waals surface area contributed by atoms with Crippen molar-refractivity contribution in [3.05, 3.63) is 76.9 Å². The number of primary sulfonamides is 1. The number of hydrogen-bond acceptors (Lipinski definition) is 6. The highest BCUT2D eigenvalue weighted by Gasteiger charge is 2.30. The first-order chi connectivity index (χ1) is 18.1. The monoisotopic (exact) mass is 599 g/mol. The topological polar surface area (TPSA) is 152 Å². The normalized spacial score (nSPS) is 14.1. The molecule has 4 N–H and O–H groups in total. The van der Waals surface area contributed by atoms with Crippen LogP contribution in [0, 0.1) is 0 Å². The van der Waals surface area contributed by atoms with Crippen molar-refractivity contribution >= 4 is 49.5 Å². The van der Waals surface area contributed by atoms with Crippen LogP contribution in [0.2, 0.25) is 0 Å². The molecule has 3 amide bonds. The molecule has 0 radical (unpaired) electrons. The average molecular weight is 600 g/mol. The van der Waals surface area contributed by atoms with Gasteiger partial charge in [-0.1, -0.05) is 30.3 Å². The number of carbonyl (C=O) groups is 3. The van der Waals surface area contributed by atoms with Gasteiger partial charge in [0, 0.05) is 34.9 Å². The number of pyridine rings is 1. The Morgan fingerprint density at radius 1 is 1.00 bits per heavy atom. The minimum Gasteiger partial charge on any atom is -0.341 e. The lowest BCUT2D eigenvalue weighted by Gasteiger charge is -2.24. The van der Waals surface area contributed by atoms with Gasteiger partial charge in [-0.3, -0.25) is 14.4 Å². The molecule has 1 saturated heterocycles. The fourth-order valence-corrected chi connectivity index (χ4v) is 5.18. The fourth-order valence-electron chi connectivity index (χ4n) is 4.18. The van der Waals surface area contributed by atoms with Crippen LogP contribution < -0.4 is 15.8 Å². The van der Waals surface area contributed by atoms with E-state index < -0.39 is 27.9 Å². The number of nitrogens with two attached hydrogens (primary N) is 1. The molecule has 2 aromatic carbocycles. The number of carbonyl (C=O) groups excluding carboxylic acids is 3. The summed E-state index contributed by atoms with van der Waals surface area (Å²) in [6.07, 6.45) is 3.00. The number of nitrogens with zero attached hydrogens (tertiary/aromatic N) is 2. The van der Waals surface area contributed by atoms with Crippen LogP contribution in [-0.2, 0) is 19.6 Å². The quantitative estimate of drug-likeness (QED) is 0.362. The molecule has 12 heteroatoms. The SMILES string of the molecule is NS(=O)(=O)c1ccccc1-c1ccc(C(=O)NC(CC(=O)Nc2ccc(Br)cn2)C(=O)N2CCCC2)cc1. The Balaban J connectivity index is 1.50. The number of benzene rings is 2. The predicted molar refractivity (Wildman–Crippen MR) is 146 cm³/mol. The molecule has 0 bridgehead atoms. The third kappa shape index (κ3) is 6.82. The molecule has 0 spiro atoms. The van der Waals surface area contributed by atoms with Gasteiger partial charge in [0.1, 0.15) is 11.9 Å². The lowest BCUT2D eigenvalue weighted by molar-refractivity contribution is -0.134. The van der Waals surface area contributed by atoms with Crippen molar-refractivity contribution in [2.45, 2.75) is 30.2 Å². The Labute approximate surface area is 228 Å². The van der Waals surface area contributed by atoms with E-state index in [-0.39, 0.29) is 22.8 Å². The fraction of sp³-hybridized carbons (Fsp3) is 0.231. The van der Waals surface area contributed by atoms with Crippen LogP contribution in [0.5, 0.6) is 0 Å². The summed E-state index contributed by atoms with van der Waals surface area (Å²) in [6, 6.07) is 14.8. The average Bonchev–Trinajstić information content (AvgIpc) is 3.44. The summed E-state index contributed by atoms with van der Waals surface area (Å²) in [7, 11) is -3.94. The molecule has 0 saturated carbocycles. The second-order valence-electron chi connectivity index (χ2n) is 8.79. The number of hydrogen-bond donors (Lipinski definition) is 3. The van der Waals surface area contributed by atoms with Gasteiger partial charge in [0.25, 0.3) is 5.91 Å². The molecule has 10 nitrogen and oxygen atoms in total. The number of nitrogens with one attached hydrogen (secondary N) is 2. The standard InChI is InChI=1S/C26H26BrN5O5S/c27-19-11-12-23(29-16-19)31-24(33)15-21(26(35)32-13-3-4-14-32)30-25(34)18-9-7-17(8-10-18)20-5-1-2-6-22(20)38(28,36)37/h1-2,5-12,16,21H,3-4,13-15H2,(H,30,34)(H2,28,36,37)(H,29,31,33). The minimum atomic E-state index is -3.94. The van der Waals surface area contributed by atoms with Crippen molar-refractivity contribution < 1.29 is 22.8 Å². The molecular formula is C26H26BrN5O5S. The summed E-state index contributed by atoms with van der Waals surface area (Å²) >= 11 is 3.28. The highest BCUT2D eigenvalue weighted by Crippen LogP contribution is 2.26. The summed E-state index contributed by atoms with van der Waals surface area (Å²) in [5.74, 6) is -1.00. The largest absolute Gasteiger partial charge is 0.341 e. The van der Waals surface area contributed by atoms with Crippen LogP contribution in [0.3, 0.4) is 0 Å². The molecular weight excluding hydrogens is 574 g/mol. The van der Waals surface area contributed by atoms with E-state index in [4.69, 9.17) is 5.14 Å². The molecule has 4 rings (SSSR count). The first-order valence-corrected chi connectivity index (χ1v) is 14.2. The van der Waals surface area contributed by atoms with E-state index >= 15 is 0 Å². The van der Waals surface area contributed by atoms with Gasteiger partial charge in [0.15, 0.2) is 0 Å². The first kappa shape index (κ1) is 27.4. The van der Waals surface area contributed by atoms with E-state index in [0.717, 1.165) is 17.3 Å². The van der Waals surface area contributed by atoms with Crippen molar-refractivity contribution in [2.75, 3.05) is 18.4 Å². The Hall–Kier alpha value is -3.61. The third-order valence-corrected chi connectivity index (χ3v) is 7.50. The first-order valence-electron chi connectivity index (χ1n) is 11.8. The van der Waals surface area contributed by atoms with E-state index in [1.165, 1.54) is 24.4 Å². The second kappa shape index (κ2) is 11.8. The van der Waals surface area contributed by atoms with E-state index in [0.29, 0.717) is 30.0 Å². The van der Waals surface area contributed by atoms with Gasteiger partial charge in [-0.25, -0.2) is 18.5 Å². The van der Waals surface area contributed by atoms with Crippen LogP contribution >= 0.6 is 15.9 Å². The van der Waals surface area contributed by atoms with E-state index in [9.17, 15) is 22.8 Å². The lowest BCUT2D eigenvalue weighted by atomic mass is 10.0. The Morgan fingerprint density at radius 2 is 1.68 bits per heavy atom. The van der Waals surface area contributed by atoms with E-state index in [1.807, 2.05) is 0 Å². The molecule has 1 aliphatic rings. The molecule has 1 fully saturated rings. The summed E-state index contributed by atoms with van der Waals surface area (Å²) in [5.41, 5.74) is 1.20. The van der Waals surface area contributed by atoms with Crippen molar-refractivity contribution in [3.63, 3.8) is 0 Å². The summed E-state index contributed by atoms with van der Waals surface area (Å²) in [6.45, 7) is 1.14. The number of sulfonamides is 1. The molecule has 38 heavy (non-hydrogen) atoms. The molecule has 1 aromatic heterocycles. The van der Waals surface area contributed by atoms with Crippen molar-refractivity contribution in [1.29, 1.82) is 0 Å². The Bertz CT molecular complexity index is 1440. The highest BCUT2D eigenvalue weighted by molar-refractivity contribution is 9.10. The van der Waals surface area contributed by atoms with Gasteiger partial charge in [0.05, 0.1) is 11.3 Å². The maximum absolute atomic E-state index is 13.2. The van der Waals surface area contributed by atoms with Gasteiger partial charge in [-0.15, -0.1) is 0 Å². The van der Waals surface area contributed by atoms with Crippen LogP contribution in [0.4, 0.5) is 5.82 Å². The summed E-state index contributed by atoms with van der Waals surface area (Å²) < 4.78 is 24.7. The number of amides is 3. The lowest BCUT2D eigenvalue weighted by Crippen LogP contribution is -2.49. The van der Waals surface area contributed by atoms with Gasteiger partial charge in [-0.2, -0.15) is 0 Å². The van der Waals surface area contributed by atoms with Gasteiger partial charge >= 0.3 is 0 Å². The zero-order valence-electron chi connectivity index (χ0n) is 20.3. The van der Waals surface area contributed by atoms with E-state index in [2.05, 4.69) is 31.5 Å². The highest BCUT2D eigenvalue weighted by atomic mass is 79.9. The molecule has 198 valence electrons. The summed E-state index contributed by atoms with van der Waals surface area (Å²) in [4.78, 5) is 44.7. The second-order valence-corrected chi connectivity index (χ2v) is 11.2. The van der Waals surface area contributed by atoms with Crippen molar-refractivity contribution in [3.8, 4) is 11.1 Å². The Kier molecular flexibility index (Phi) is 8.55. The van der Waals surface area contributed by atoms with Crippen LogP contribution in [0.25, 0.3) is 11.1 Å². The number of halogens is 1. The zero-order chi connectivity index (χ0) is 27.3. The predicted octanol–water partition coefficient (Wildman–Crippen LogP) is 2.91. The number of anilines is 1. The van der Waals surface area contributed by atoms with Crippen molar-refractivity contribution in [1.82, 2.24) is 15.2 Å². The van der Waals surface area contributed by atoms with Crippen LogP contribution in [-0.4, -0.2) is 55.2 Å². The van der Waals surface area contributed by atoms with Crippen molar-refractivity contribution in [2.24, 2.45) is 5.14 Å². The number of likely N-dealkylation sites (tertiary alicyclic amines) is 1. The van der Waals surface area contributed by atoms with Crippen LogP contribution in [0.1, 0.15) is 29.6 Å². The molecule has 0 aliphatic carbocycles. The molecule has 1 atom stereocenters. The molecule has 3 aromatic rings. The Morgan fingerprint density at radius 3 is 2.32 bits per heavy atom. The number of aromatic nitrogens is 1. The van der Waals surface area contributed by atoms with Gasteiger partial charge < -0.3 is 15.5 Å². The minimum absolute atomic E-state index is 0.0280. The van der Waals surface area contributed by atoms with Crippen LogP contribution in [0.15, 0.2) is 76.2 Å². The van der Waals surface area contributed by atoms with E-state index in [1.54, 1.807) is 47.4 Å².